The van der Waals surface area contributed by atoms with E-state index in [9.17, 15) is 0 Å². The van der Waals surface area contributed by atoms with E-state index in [2.05, 4.69) is 65.5 Å². The van der Waals surface area contributed by atoms with Crippen LogP contribution in [0.2, 0.25) is 0 Å². The van der Waals surface area contributed by atoms with Gasteiger partial charge in [0.25, 0.3) is 0 Å². The number of fused-ring (bicyclic) bond motifs is 1. The summed E-state index contributed by atoms with van der Waals surface area (Å²) < 4.78 is 5.42. The fourth-order valence-corrected chi connectivity index (χ4v) is 3.88. The zero-order valence-corrected chi connectivity index (χ0v) is 17.8. The first-order valence-electron chi connectivity index (χ1n) is 10.7. The van der Waals surface area contributed by atoms with Gasteiger partial charge >= 0.3 is 0 Å². The Morgan fingerprint density at radius 1 is 1.11 bits per heavy atom. The molecule has 0 spiro atoms. The summed E-state index contributed by atoms with van der Waals surface area (Å²) in [5, 5.41) is 6.89. The molecule has 0 aromatic heterocycles. The van der Waals surface area contributed by atoms with E-state index in [4.69, 9.17) is 9.73 Å². The summed E-state index contributed by atoms with van der Waals surface area (Å²) in [4.78, 5) is 9.91. The Morgan fingerprint density at radius 2 is 1.86 bits per heavy atom. The molecule has 2 heterocycles. The van der Waals surface area contributed by atoms with E-state index in [0.29, 0.717) is 0 Å². The summed E-state index contributed by atoms with van der Waals surface area (Å²) in [5.74, 6) is 0.918. The highest BCUT2D eigenvalue weighted by atomic mass is 16.5. The monoisotopic (exact) mass is 387 g/mol. The third-order valence-electron chi connectivity index (χ3n) is 5.78. The van der Waals surface area contributed by atoms with E-state index >= 15 is 0 Å². The first-order chi connectivity index (χ1) is 13.6. The number of aliphatic imine (C=N–C) groups is 1. The van der Waals surface area contributed by atoms with E-state index in [1.165, 1.54) is 11.1 Å². The average molecular weight is 388 g/mol. The van der Waals surface area contributed by atoms with Gasteiger partial charge in [-0.3, -0.25) is 14.8 Å². The van der Waals surface area contributed by atoms with Crippen LogP contribution in [0.3, 0.4) is 0 Å². The quantitative estimate of drug-likeness (QED) is 0.551. The second-order valence-electron chi connectivity index (χ2n) is 8.33. The second-order valence-corrected chi connectivity index (χ2v) is 8.33. The molecule has 0 atom stereocenters. The van der Waals surface area contributed by atoms with Crippen LogP contribution in [-0.2, 0) is 17.7 Å². The van der Waals surface area contributed by atoms with Crippen molar-refractivity contribution in [2.45, 2.75) is 39.3 Å². The predicted octanol–water partition coefficient (Wildman–Crippen LogP) is 1.71. The van der Waals surface area contributed by atoms with Crippen molar-refractivity contribution in [2.75, 3.05) is 59.0 Å². The average Bonchev–Trinajstić information content (AvgIpc) is 2.72. The topological polar surface area (TPSA) is 52.1 Å². The fraction of sp³-hybridized carbons (Fsp3) is 0.682. The van der Waals surface area contributed by atoms with Crippen molar-refractivity contribution in [1.82, 2.24) is 20.4 Å². The van der Waals surface area contributed by atoms with Crippen LogP contribution in [0.1, 0.15) is 31.9 Å². The van der Waals surface area contributed by atoms with Crippen molar-refractivity contribution in [3.8, 4) is 0 Å². The Bertz CT molecular complexity index is 640. The van der Waals surface area contributed by atoms with Crippen molar-refractivity contribution in [3.63, 3.8) is 0 Å². The lowest BCUT2D eigenvalue weighted by molar-refractivity contribution is 0.0389. The molecule has 0 bridgehead atoms. The number of nitrogens with zero attached hydrogens (tertiary/aromatic N) is 3. The highest BCUT2D eigenvalue weighted by Crippen LogP contribution is 2.25. The molecular formula is C22H37N5O. The maximum absolute atomic E-state index is 5.42. The summed E-state index contributed by atoms with van der Waals surface area (Å²) in [6.45, 7) is 16.2. The number of benzene rings is 1. The molecule has 3 rings (SSSR count). The molecule has 1 aromatic carbocycles. The van der Waals surface area contributed by atoms with Crippen molar-refractivity contribution in [1.29, 1.82) is 0 Å². The lowest BCUT2D eigenvalue weighted by Gasteiger charge is -2.40. The Labute approximate surface area is 170 Å². The lowest BCUT2D eigenvalue weighted by Crippen LogP contribution is -2.50. The third-order valence-corrected chi connectivity index (χ3v) is 5.78. The number of hydrogen-bond acceptors (Lipinski definition) is 4. The second kappa shape index (κ2) is 10.2. The highest BCUT2D eigenvalue weighted by Gasteiger charge is 2.29. The lowest BCUT2D eigenvalue weighted by atomic mass is 9.94. The molecule has 0 radical (unpaired) electrons. The molecule has 0 aliphatic carbocycles. The van der Waals surface area contributed by atoms with Gasteiger partial charge in [-0.25, -0.2) is 0 Å². The molecule has 2 aliphatic rings. The van der Waals surface area contributed by atoms with Crippen molar-refractivity contribution in [2.24, 2.45) is 4.99 Å². The molecule has 28 heavy (non-hydrogen) atoms. The number of guanidine groups is 1. The van der Waals surface area contributed by atoms with Crippen LogP contribution in [0, 0.1) is 0 Å². The van der Waals surface area contributed by atoms with Crippen LogP contribution in [0.5, 0.6) is 0 Å². The van der Waals surface area contributed by atoms with E-state index in [0.717, 1.165) is 78.0 Å². The molecular weight excluding hydrogens is 350 g/mol. The summed E-state index contributed by atoms with van der Waals surface area (Å²) in [6.07, 6.45) is 1.13. The molecule has 1 aromatic rings. The molecule has 0 unspecified atom stereocenters. The van der Waals surface area contributed by atoms with E-state index < -0.39 is 0 Å². The third kappa shape index (κ3) is 5.93. The maximum Gasteiger partial charge on any atom is 0.191 e. The normalized spacial score (nSPS) is 19.3. The summed E-state index contributed by atoms with van der Waals surface area (Å²) in [7, 11) is 0. The van der Waals surface area contributed by atoms with Crippen molar-refractivity contribution >= 4 is 5.96 Å². The first kappa shape index (κ1) is 21.1. The summed E-state index contributed by atoms with van der Waals surface area (Å²) in [5.41, 5.74) is 2.98. The van der Waals surface area contributed by atoms with E-state index in [-0.39, 0.29) is 5.54 Å². The summed E-state index contributed by atoms with van der Waals surface area (Å²) in [6, 6.07) is 8.82. The number of nitrogens with one attached hydrogen (secondary N) is 2. The molecule has 2 N–H and O–H groups in total. The van der Waals surface area contributed by atoms with Gasteiger partial charge in [-0.15, -0.1) is 0 Å². The SMILES string of the molecule is CCNC(=NCC(C)(C)N1CCc2ccccc2C1)NCCN1CCOCC1. The minimum atomic E-state index is 0.0279. The maximum atomic E-state index is 5.42. The molecule has 6 nitrogen and oxygen atoms in total. The van der Waals surface area contributed by atoms with Gasteiger partial charge in [-0.1, -0.05) is 24.3 Å². The number of hydrogen-bond donors (Lipinski definition) is 2. The molecule has 0 amide bonds. The Hall–Kier alpha value is -1.63. The predicted molar refractivity (Wildman–Crippen MR) is 116 cm³/mol. The minimum Gasteiger partial charge on any atom is -0.379 e. The smallest absolute Gasteiger partial charge is 0.191 e. The van der Waals surface area contributed by atoms with Gasteiger partial charge in [0.05, 0.1) is 19.8 Å². The molecule has 156 valence electrons. The van der Waals surface area contributed by atoms with Gasteiger partial charge in [0.15, 0.2) is 5.96 Å². The number of ether oxygens (including phenoxy) is 1. The van der Waals surface area contributed by atoms with Crippen LogP contribution in [0.15, 0.2) is 29.3 Å². The number of morpholine rings is 1. The van der Waals surface area contributed by atoms with Crippen LogP contribution in [0.4, 0.5) is 0 Å². The molecule has 2 aliphatic heterocycles. The van der Waals surface area contributed by atoms with Gasteiger partial charge in [0, 0.05) is 51.4 Å². The zero-order valence-electron chi connectivity index (χ0n) is 17.8. The highest BCUT2D eigenvalue weighted by molar-refractivity contribution is 5.79. The zero-order chi connectivity index (χ0) is 19.8. The van der Waals surface area contributed by atoms with Gasteiger partial charge in [-0.2, -0.15) is 0 Å². The van der Waals surface area contributed by atoms with E-state index in [1.807, 2.05) is 0 Å². The van der Waals surface area contributed by atoms with Gasteiger partial charge in [-0.05, 0) is 38.3 Å². The van der Waals surface area contributed by atoms with Gasteiger partial charge in [0.1, 0.15) is 0 Å². The van der Waals surface area contributed by atoms with Crippen LogP contribution in [-0.4, -0.2) is 80.3 Å². The van der Waals surface area contributed by atoms with Crippen LogP contribution in [0.25, 0.3) is 0 Å². The molecule has 6 heteroatoms. The Kier molecular flexibility index (Phi) is 7.71. The molecule has 1 saturated heterocycles. The standard InChI is InChI=1S/C22H37N5O/c1-4-23-21(24-10-12-26-13-15-28-16-14-26)25-18-22(2,3)27-11-9-19-7-5-6-8-20(19)17-27/h5-8H,4,9-18H2,1-3H3,(H2,23,24,25). The first-order valence-corrected chi connectivity index (χ1v) is 10.7. The van der Waals surface area contributed by atoms with Crippen molar-refractivity contribution in [3.05, 3.63) is 35.4 Å². The largest absolute Gasteiger partial charge is 0.379 e. The summed E-state index contributed by atoms with van der Waals surface area (Å²) >= 11 is 0. The molecule has 0 saturated carbocycles. The van der Waals surface area contributed by atoms with E-state index in [1.54, 1.807) is 0 Å². The van der Waals surface area contributed by atoms with Gasteiger partial charge < -0.3 is 15.4 Å². The van der Waals surface area contributed by atoms with Crippen LogP contribution < -0.4 is 10.6 Å². The number of rotatable bonds is 7. The van der Waals surface area contributed by atoms with Gasteiger partial charge in [0.2, 0.25) is 0 Å². The fourth-order valence-electron chi connectivity index (χ4n) is 3.88. The molecule has 1 fully saturated rings. The Morgan fingerprint density at radius 3 is 2.61 bits per heavy atom. The van der Waals surface area contributed by atoms with Crippen molar-refractivity contribution < 1.29 is 4.74 Å². The minimum absolute atomic E-state index is 0.0279. The van der Waals surface area contributed by atoms with Crippen LogP contribution >= 0.6 is 0 Å². The Balaban J connectivity index is 1.52.